The highest BCUT2D eigenvalue weighted by Gasteiger charge is 2.58. The van der Waals surface area contributed by atoms with Gasteiger partial charge in [0.1, 0.15) is 0 Å². The number of nitrogens with two attached hydrogens (primary N) is 1. The summed E-state index contributed by atoms with van der Waals surface area (Å²) in [6, 6.07) is 0. The summed E-state index contributed by atoms with van der Waals surface area (Å²) in [4.78, 5) is 0. The first kappa shape index (κ1) is 10.7. The highest BCUT2D eigenvalue weighted by atomic mass is 19.4. The van der Waals surface area contributed by atoms with Crippen molar-refractivity contribution >= 4 is 0 Å². The first-order chi connectivity index (χ1) is 5.91. The minimum absolute atomic E-state index is 0.0490. The van der Waals surface area contributed by atoms with E-state index in [4.69, 9.17) is 10.6 Å². The SMILES string of the molecule is CCO[C@]1(C(F)(F)F)CCN(N)C1. The molecule has 0 aromatic heterocycles. The molecule has 0 aromatic carbocycles. The van der Waals surface area contributed by atoms with Crippen molar-refractivity contribution in [1.29, 1.82) is 0 Å². The topological polar surface area (TPSA) is 38.5 Å². The standard InChI is InChI=1S/C7H13F3N2O/c1-2-13-6(7(8,9)10)3-4-12(11)5-6/h2-5,11H2,1H3/t6-/m1/s1. The Balaban J connectivity index is 2.77. The molecule has 1 atom stereocenters. The van der Waals surface area contributed by atoms with E-state index >= 15 is 0 Å². The largest absolute Gasteiger partial charge is 0.418 e. The van der Waals surface area contributed by atoms with Gasteiger partial charge in [-0.2, -0.15) is 13.2 Å². The van der Waals surface area contributed by atoms with Crippen LogP contribution < -0.4 is 5.84 Å². The van der Waals surface area contributed by atoms with Crippen LogP contribution in [0.5, 0.6) is 0 Å². The van der Waals surface area contributed by atoms with Crippen LogP contribution in [0.3, 0.4) is 0 Å². The molecule has 1 heterocycles. The molecule has 3 nitrogen and oxygen atoms in total. The fourth-order valence-corrected chi connectivity index (χ4v) is 1.52. The lowest BCUT2D eigenvalue weighted by atomic mass is 10.0. The van der Waals surface area contributed by atoms with E-state index in [9.17, 15) is 13.2 Å². The van der Waals surface area contributed by atoms with Crippen LogP contribution >= 0.6 is 0 Å². The third-order valence-corrected chi connectivity index (χ3v) is 2.20. The second kappa shape index (κ2) is 3.43. The lowest BCUT2D eigenvalue weighted by Gasteiger charge is -2.30. The average molecular weight is 198 g/mol. The molecule has 0 bridgehead atoms. The lowest BCUT2D eigenvalue weighted by molar-refractivity contribution is -0.271. The molecule has 6 heteroatoms. The second-order valence-electron chi connectivity index (χ2n) is 3.15. The van der Waals surface area contributed by atoms with Crippen LogP contribution in [0.15, 0.2) is 0 Å². The van der Waals surface area contributed by atoms with Crippen molar-refractivity contribution in [3.05, 3.63) is 0 Å². The maximum Gasteiger partial charge on any atom is 0.418 e. The first-order valence-corrected chi connectivity index (χ1v) is 4.11. The van der Waals surface area contributed by atoms with Crippen molar-refractivity contribution in [3.8, 4) is 0 Å². The molecule has 0 unspecified atom stereocenters. The summed E-state index contributed by atoms with van der Waals surface area (Å²) in [5.74, 6) is 5.29. The zero-order valence-electron chi connectivity index (χ0n) is 7.40. The minimum Gasteiger partial charge on any atom is -0.364 e. The Bertz CT molecular complexity index is 181. The maximum absolute atomic E-state index is 12.6. The van der Waals surface area contributed by atoms with E-state index < -0.39 is 11.8 Å². The molecular weight excluding hydrogens is 185 g/mol. The first-order valence-electron chi connectivity index (χ1n) is 4.11. The molecule has 1 aliphatic rings. The van der Waals surface area contributed by atoms with Crippen LogP contribution in [0.4, 0.5) is 13.2 Å². The van der Waals surface area contributed by atoms with E-state index in [0.29, 0.717) is 0 Å². The Morgan fingerprint density at radius 3 is 2.46 bits per heavy atom. The molecule has 1 fully saturated rings. The van der Waals surface area contributed by atoms with E-state index in [0.717, 1.165) is 5.01 Å². The van der Waals surface area contributed by atoms with Crippen molar-refractivity contribution in [2.24, 2.45) is 5.84 Å². The number of hydrazine groups is 1. The summed E-state index contributed by atoms with van der Waals surface area (Å²) in [5.41, 5.74) is -2.05. The number of nitrogens with zero attached hydrogens (tertiary/aromatic N) is 1. The van der Waals surface area contributed by atoms with Gasteiger partial charge >= 0.3 is 6.18 Å². The predicted octanol–water partition coefficient (Wildman–Crippen LogP) is 0.903. The normalized spacial score (nSPS) is 31.2. The number of ether oxygens (including phenoxy) is 1. The van der Waals surface area contributed by atoms with Crippen LogP contribution in [0.2, 0.25) is 0 Å². The van der Waals surface area contributed by atoms with Gasteiger partial charge in [0.05, 0.1) is 6.54 Å². The maximum atomic E-state index is 12.6. The highest BCUT2D eigenvalue weighted by Crippen LogP contribution is 2.39. The molecular formula is C7H13F3N2O. The molecule has 78 valence electrons. The van der Waals surface area contributed by atoms with Gasteiger partial charge in [0.25, 0.3) is 0 Å². The fraction of sp³-hybridized carbons (Fsp3) is 1.00. The molecule has 1 rings (SSSR count). The van der Waals surface area contributed by atoms with Crippen LogP contribution in [0, 0.1) is 0 Å². The highest BCUT2D eigenvalue weighted by molar-refractivity contribution is 4.96. The predicted molar refractivity (Wildman–Crippen MR) is 40.8 cm³/mol. The van der Waals surface area contributed by atoms with Gasteiger partial charge in [-0.25, -0.2) is 5.01 Å². The summed E-state index contributed by atoms with van der Waals surface area (Å²) < 4.78 is 42.5. The van der Waals surface area contributed by atoms with Gasteiger partial charge in [-0.1, -0.05) is 0 Å². The van der Waals surface area contributed by atoms with Gasteiger partial charge in [-0.05, 0) is 6.92 Å². The number of alkyl halides is 3. The van der Waals surface area contributed by atoms with Gasteiger partial charge < -0.3 is 4.74 Å². The van der Waals surface area contributed by atoms with E-state index in [1.165, 1.54) is 0 Å². The number of hydrogen-bond acceptors (Lipinski definition) is 3. The van der Waals surface area contributed by atoms with Crippen LogP contribution in [0.25, 0.3) is 0 Å². The van der Waals surface area contributed by atoms with Gasteiger partial charge in [0.2, 0.25) is 0 Å². The fourth-order valence-electron chi connectivity index (χ4n) is 1.52. The van der Waals surface area contributed by atoms with E-state index in [2.05, 4.69) is 0 Å². The number of hydrogen-bond donors (Lipinski definition) is 1. The number of rotatable bonds is 2. The monoisotopic (exact) mass is 198 g/mol. The molecule has 0 radical (unpaired) electrons. The zero-order valence-corrected chi connectivity index (χ0v) is 7.40. The van der Waals surface area contributed by atoms with Crippen LogP contribution in [-0.4, -0.2) is 36.5 Å². The third-order valence-electron chi connectivity index (χ3n) is 2.20. The summed E-state index contributed by atoms with van der Waals surface area (Å²) in [6.45, 7) is 1.55. The smallest absolute Gasteiger partial charge is 0.364 e. The Morgan fingerprint density at radius 1 is 1.54 bits per heavy atom. The molecule has 0 spiro atoms. The summed E-state index contributed by atoms with van der Waals surface area (Å²) in [5, 5.41) is 1.14. The van der Waals surface area contributed by atoms with Crippen molar-refractivity contribution in [2.45, 2.75) is 25.1 Å². The summed E-state index contributed by atoms with van der Waals surface area (Å²) in [6.07, 6.45) is -4.42. The van der Waals surface area contributed by atoms with Gasteiger partial charge in [-0.15, -0.1) is 0 Å². The van der Waals surface area contributed by atoms with E-state index in [-0.39, 0.29) is 26.1 Å². The average Bonchev–Trinajstić information content (AvgIpc) is 2.32. The summed E-state index contributed by atoms with van der Waals surface area (Å²) >= 11 is 0. The Hall–Kier alpha value is -0.330. The van der Waals surface area contributed by atoms with E-state index in [1.807, 2.05) is 0 Å². The molecule has 2 N–H and O–H groups in total. The lowest BCUT2D eigenvalue weighted by Crippen LogP contribution is -2.50. The van der Waals surface area contributed by atoms with Gasteiger partial charge in [0, 0.05) is 19.6 Å². The molecule has 1 saturated heterocycles. The van der Waals surface area contributed by atoms with Crippen LogP contribution in [0.1, 0.15) is 13.3 Å². The van der Waals surface area contributed by atoms with Crippen molar-refractivity contribution in [3.63, 3.8) is 0 Å². The quantitative estimate of drug-likeness (QED) is 0.670. The van der Waals surface area contributed by atoms with Gasteiger partial charge in [-0.3, -0.25) is 5.84 Å². The molecule has 0 aliphatic carbocycles. The van der Waals surface area contributed by atoms with Crippen molar-refractivity contribution in [2.75, 3.05) is 19.7 Å². The van der Waals surface area contributed by atoms with Gasteiger partial charge in [0.15, 0.2) is 5.60 Å². The molecule has 0 amide bonds. The Kier molecular flexibility index (Phi) is 2.84. The third kappa shape index (κ3) is 1.95. The van der Waals surface area contributed by atoms with Crippen molar-refractivity contribution in [1.82, 2.24) is 5.01 Å². The molecule has 1 aliphatic heterocycles. The number of halogens is 3. The molecule has 0 aromatic rings. The Labute approximate surface area is 74.6 Å². The van der Waals surface area contributed by atoms with Crippen molar-refractivity contribution < 1.29 is 17.9 Å². The van der Waals surface area contributed by atoms with E-state index in [1.54, 1.807) is 6.92 Å². The molecule has 13 heavy (non-hydrogen) atoms. The summed E-state index contributed by atoms with van der Waals surface area (Å²) in [7, 11) is 0. The van der Waals surface area contributed by atoms with Crippen LogP contribution in [-0.2, 0) is 4.74 Å². The Morgan fingerprint density at radius 2 is 2.15 bits per heavy atom. The second-order valence-corrected chi connectivity index (χ2v) is 3.15. The zero-order chi connectivity index (χ0) is 10.1. The minimum atomic E-state index is -4.34. The molecule has 0 saturated carbocycles.